The van der Waals surface area contributed by atoms with Crippen LogP contribution in [0.25, 0.3) is 6.08 Å². The summed E-state index contributed by atoms with van der Waals surface area (Å²) in [5.74, 6) is 5.97. The van der Waals surface area contributed by atoms with Gasteiger partial charge in [-0.05, 0) is 91.6 Å². The van der Waals surface area contributed by atoms with Crippen LogP contribution in [0.3, 0.4) is 0 Å². The van der Waals surface area contributed by atoms with Gasteiger partial charge >= 0.3 is 0 Å². The molecule has 0 nitrogen and oxygen atoms in total. The van der Waals surface area contributed by atoms with E-state index in [0.717, 1.165) is 40.3 Å². The lowest BCUT2D eigenvalue weighted by Crippen LogP contribution is -2.41. The normalized spacial score (nSPS) is 41.3. The third-order valence-electron chi connectivity index (χ3n) is 8.49. The number of rotatable bonds is 3. The molecule has 0 amide bonds. The number of halogens is 1. The third-order valence-corrected chi connectivity index (χ3v) is 9.55. The molecule has 3 fully saturated rings. The zero-order chi connectivity index (χ0) is 17.7. The van der Waals surface area contributed by atoms with Gasteiger partial charge in [0.15, 0.2) is 0 Å². The Kier molecular flexibility index (Phi) is 4.80. The van der Waals surface area contributed by atoms with Gasteiger partial charge in [0.2, 0.25) is 0 Å². The molecule has 0 aromatic heterocycles. The first-order chi connectivity index (χ1) is 12.7. The van der Waals surface area contributed by atoms with Gasteiger partial charge in [-0.2, -0.15) is 0 Å². The maximum atomic E-state index is 4.14. The van der Waals surface area contributed by atoms with E-state index in [0.29, 0.717) is 0 Å². The van der Waals surface area contributed by atoms with Crippen molar-refractivity contribution in [1.29, 1.82) is 0 Å². The lowest BCUT2D eigenvalue weighted by atomic mass is 9.61. The molecule has 1 heteroatoms. The van der Waals surface area contributed by atoms with Gasteiger partial charge in [0, 0.05) is 4.83 Å². The van der Waals surface area contributed by atoms with Crippen LogP contribution in [-0.2, 0) is 6.42 Å². The Morgan fingerprint density at radius 1 is 0.962 bits per heavy atom. The third kappa shape index (κ3) is 3.03. The average molecular weight is 413 g/mol. The van der Waals surface area contributed by atoms with Crippen LogP contribution >= 0.6 is 15.9 Å². The van der Waals surface area contributed by atoms with Crippen LogP contribution in [0.15, 0.2) is 29.8 Å². The van der Waals surface area contributed by atoms with E-state index in [1.165, 1.54) is 63.4 Å². The summed E-state index contributed by atoms with van der Waals surface area (Å²) < 4.78 is 0. The van der Waals surface area contributed by atoms with Crippen molar-refractivity contribution in [1.82, 2.24) is 0 Å². The fourth-order valence-corrected chi connectivity index (χ4v) is 8.41. The van der Waals surface area contributed by atoms with Crippen LogP contribution in [0.4, 0.5) is 0 Å². The summed E-state index contributed by atoms with van der Waals surface area (Å²) in [4.78, 5) is 0.803. The molecule has 7 atom stereocenters. The lowest BCUT2D eigenvalue weighted by Gasteiger charge is -2.47. The van der Waals surface area contributed by atoms with Crippen molar-refractivity contribution in [2.75, 3.05) is 0 Å². The first-order valence-electron chi connectivity index (χ1n) is 11.1. The lowest BCUT2D eigenvalue weighted by molar-refractivity contribution is 0.0649. The van der Waals surface area contributed by atoms with Gasteiger partial charge in [0.05, 0.1) is 0 Å². The molecule has 0 bridgehead atoms. The summed E-state index contributed by atoms with van der Waals surface area (Å²) in [6.45, 7) is 2.57. The zero-order valence-electron chi connectivity index (χ0n) is 16.2. The van der Waals surface area contributed by atoms with Crippen molar-refractivity contribution in [2.24, 2.45) is 35.5 Å². The van der Waals surface area contributed by atoms with Gasteiger partial charge in [0.1, 0.15) is 0 Å². The van der Waals surface area contributed by atoms with Crippen LogP contribution in [0.1, 0.15) is 69.4 Å². The quantitative estimate of drug-likeness (QED) is 0.457. The second kappa shape index (κ2) is 7.12. The van der Waals surface area contributed by atoms with E-state index in [1.54, 1.807) is 11.1 Å². The number of hydrogen-bond acceptors (Lipinski definition) is 0. The van der Waals surface area contributed by atoms with Crippen molar-refractivity contribution in [3.05, 3.63) is 41.0 Å². The number of alkyl halides is 1. The molecular formula is C25H33Br. The van der Waals surface area contributed by atoms with Crippen molar-refractivity contribution < 1.29 is 0 Å². The SMILES string of the molecule is CC1CC2C(CC(Br)C3CCCCC32)C1CCC1=Cc2ccccc2C1. The molecule has 0 heterocycles. The molecule has 1 aromatic carbocycles. The Morgan fingerprint density at radius 2 is 1.77 bits per heavy atom. The minimum absolute atomic E-state index is 0.803. The Labute approximate surface area is 168 Å². The van der Waals surface area contributed by atoms with Crippen LogP contribution in [0.5, 0.6) is 0 Å². The van der Waals surface area contributed by atoms with E-state index in [9.17, 15) is 0 Å². The summed E-state index contributed by atoms with van der Waals surface area (Å²) in [7, 11) is 0. The standard InChI is InChI=1S/C25H33Br/c1-16-12-23-21-8-4-5-9-22(21)25(26)15-24(23)20(16)11-10-17-13-18-6-2-3-7-19(18)14-17/h2-3,6-7,13,16,20-25H,4-5,8-12,14-15H2,1H3. The second-order valence-corrected chi connectivity index (χ2v) is 11.0. The highest BCUT2D eigenvalue weighted by molar-refractivity contribution is 9.09. The minimum atomic E-state index is 0.803. The summed E-state index contributed by atoms with van der Waals surface area (Å²) in [5, 5.41) is 0. The number of fused-ring (bicyclic) bond motifs is 4. The van der Waals surface area contributed by atoms with Gasteiger partial charge < -0.3 is 0 Å². The fraction of sp³-hybridized carbons (Fsp3) is 0.680. The molecule has 4 aliphatic carbocycles. The maximum absolute atomic E-state index is 4.14. The monoisotopic (exact) mass is 412 g/mol. The van der Waals surface area contributed by atoms with E-state index < -0.39 is 0 Å². The molecule has 1 aromatic rings. The fourth-order valence-electron chi connectivity index (χ4n) is 7.33. The van der Waals surface area contributed by atoms with E-state index >= 15 is 0 Å². The molecule has 0 aliphatic heterocycles. The van der Waals surface area contributed by atoms with Gasteiger partial charge in [0.25, 0.3) is 0 Å². The highest BCUT2D eigenvalue weighted by Crippen LogP contribution is 2.58. The molecular weight excluding hydrogens is 380 g/mol. The van der Waals surface area contributed by atoms with Crippen LogP contribution in [0, 0.1) is 35.5 Å². The van der Waals surface area contributed by atoms with E-state index in [4.69, 9.17) is 0 Å². The average Bonchev–Trinajstić information content (AvgIpc) is 3.20. The van der Waals surface area contributed by atoms with E-state index in [1.807, 2.05) is 0 Å². The molecule has 140 valence electrons. The first kappa shape index (κ1) is 17.5. The summed E-state index contributed by atoms with van der Waals surface area (Å²) in [6, 6.07) is 8.97. The predicted molar refractivity (Wildman–Crippen MR) is 114 cm³/mol. The molecule has 26 heavy (non-hydrogen) atoms. The molecule has 0 spiro atoms. The Hall–Kier alpha value is -0.560. The summed E-state index contributed by atoms with van der Waals surface area (Å²) >= 11 is 4.14. The Morgan fingerprint density at radius 3 is 2.62 bits per heavy atom. The maximum Gasteiger partial charge on any atom is 0.0179 e. The topological polar surface area (TPSA) is 0 Å². The smallest absolute Gasteiger partial charge is 0.0179 e. The zero-order valence-corrected chi connectivity index (χ0v) is 17.8. The first-order valence-corrected chi connectivity index (χ1v) is 12.0. The molecule has 0 radical (unpaired) electrons. The van der Waals surface area contributed by atoms with E-state index in [2.05, 4.69) is 53.2 Å². The number of hydrogen-bond donors (Lipinski definition) is 0. The summed E-state index contributed by atoms with van der Waals surface area (Å²) in [5.41, 5.74) is 4.70. The predicted octanol–water partition coefficient (Wildman–Crippen LogP) is 7.27. The molecule has 7 unspecified atom stereocenters. The highest BCUT2D eigenvalue weighted by atomic mass is 79.9. The number of benzene rings is 1. The highest BCUT2D eigenvalue weighted by Gasteiger charge is 2.51. The molecule has 0 N–H and O–H groups in total. The van der Waals surface area contributed by atoms with Crippen LogP contribution in [-0.4, -0.2) is 4.83 Å². The van der Waals surface area contributed by atoms with Crippen molar-refractivity contribution in [3.8, 4) is 0 Å². The summed E-state index contributed by atoms with van der Waals surface area (Å²) in [6.07, 6.45) is 15.4. The van der Waals surface area contributed by atoms with Gasteiger partial charge in [-0.15, -0.1) is 0 Å². The van der Waals surface area contributed by atoms with Crippen LogP contribution < -0.4 is 0 Å². The van der Waals surface area contributed by atoms with Crippen molar-refractivity contribution in [3.63, 3.8) is 0 Å². The molecule has 3 saturated carbocycles. The van der Waals surface area contributed by atoms with Gasteiger partial charge in [-0.25, -0.2) is 0 Å². The largest absolute Gasteiger partial charge is 0.0887 e. The van der Waals surface area contributed by atoms with Crippen molar-refractivity contribution in [2.45, 2.75) is 69.5 Å². The minimum Gasteiger partial charge on any atom is -0.0887 e. The van der Waals surface area contributed by atoms with Crippen molar-refractivity contribution >= 4 is 22.0 Å². The van der Waals surface area contributed by atoms with E-state index in [-0.39, 0.29) is 0 Å². The Balaban J connectivity index is 1.27. The molecule has 0 saturated heterocycles. The van der Waals surface area contributed by atoms with Gasteiger partial charge in [-0.3, -0.25) is 0 Å². The molecule has 5 rings (SSSR count). The second-order valence-electron chi connectivity index (χ2n) is 9.79. The van der Waals surface area contributed by atoms with Gasteiger partial charge in [-0.1, -0.05) is 71.6 Å². The number of allylic oxidation sites excluding steroid dienone is 1. The molecule has 4 aliphatic rings. The Bertz CT molecular complexity index is 689. The van der Waals surface area contributed by atoms with Crippen LogP contribution in [0.2, 0.25) is 0 Å².